The van der Waals surface area contributed by atoms with E-state index < -0.39 is 0 Å². The molecule has 0 radical (unpaired) electrons. The van der Waals surface area contributed by atoms with Crippen LogP contribution in [0.15, 0.2) is 52.3 Å². The summed E-state index contributed by atoms with van der Waals surface area (Å²) in [6.07, 6.45) is 0. The average Bonchev–Trinajstić information content (AvgIpc) is 2.34. The molecule has 2 aromatic rings. The molecule has 2 rings (SSSR count). The first-order chi connectivity index (χ1) is 8.20. The molecule has 0 amide bonds. The molecule has 0 atom stereocenters. The molecular formula is C15H17NS. The highest BCUT2D eigenvalue weighted by atomic mass is 32.2. The zero-order chi connectivity index (χ0) is 12.3. The van der Waals surface area contributed by atoms with Crippen molar-refractivity contribution >= 4 is 11.8 Å². The molecule has 0 saturated heterocycles. The molecule has 2 aromatic carbocycles. The van der Waals surface area contributed by atoms with Crippen molar-refractivity contribution in [1.82, 2.24) is 0 Å². The van der Waals surface area contributed by atoms with Gasteiger partial charge >= 0.3 is 0 Å². The summed E-state index contributed by atoms with van der Waals surface area (Å²) in [4.78, 5) is 2.55. The maximum atomic E-state index is 5.80. The van der Waals surface area contributed by atoms with Crippen molar-refractivity contribution < 1.29 is 0 Å². The maximum Gasteiger partial charge on any atom is 0.0189 e. The van der Waals surface area contributed by atoms with Crippen LogP contribution >= 0.6 is 11.8 Å². The van der Waals surface area contributed by atoms with Gasteiger partial charge in [0.15, 0.2) is 0 Å². The lowest BCUT2D eigenvalue weighted by molar-refractivity contribution is 1.02. The highest BCUT2D eigenvalue weighted by Gasteiger charge is 2.05. The number of rotatable bonds is 3. The number of hydrogen-bond acceptors (Lipinski definition) is 2. The van der Waals surface area contributed by atoms with Gasteiger partial charge in [-0.3, -0.25) is 0 Å². The number of nitrogens with two attached hydrogens (primary N) is 1. The van der Waals surface area contributed by atoms with E-state index in [1.165, 1.54) is 26.5 Å². The van der Waals surface area contributed by atoms with Gasteiger partial charge in [-0.2, -0.15) is 0 Å². The van der Waals surface area contributed by atoms with Crippen LogP contribution in [0.25, 0.3) is 0 Å². The first-order valence-electron chi connectivity index (χ1n) is 5.74. The van der Waals surface area contributed by atoms with Crippen molar-refractivity contribution in [3.05, 3.63) is 59.2 Å². The van der Waals surface area contributed by atoms with Gasteiger partial charge in [-0.1, -0.05) is 47.7 Å². The van der Waals surface area contributed by atoms with E-state index in [1.54, 1.807) is 11.8 Å². The minimum absolute atomic E-state index is 0.593. The molecule has 2 N–H and O–H groups in total. The highest BCUT2D eigenvalue weighted by molar-refractivity contribution is 7.99. The van der Waals surface area contributed by atoms with Crippen molar-refractivity contribution in [3.63, 3.8) is 0 Å². The van der Waals surface area contributed by atoms with Crippen molar-refractivity contribution in [2.75, 3.05) is 0 Å². The topological polar surface area (TPSA) is 26.0 Å². The van der Waals surface area contributed by atoms with Gasteiger partial charge in [0, 0.05) is 16.3 Å². The predicted octanol–water partition coefficient (Wildman–Crippen LogP) is 3.91. The summed E-state index contributed by atoms with van der Waals surface area (Å²) in [7, 11) is 0. The summed E-state index contributed by atoms with van der Waals surface area (Å²) >= 11 is 1.79. The van der Waals surface area contributed by atoms with Gasteiger partial charge in [0.2, 0.25) is 0 Å². The standard InChI is InChI=1S/C15H17NS/c1-11-7-8-15(13(9-11)10-16)17-14-6-4-3-5-12(14)2/h3-9H,10,16H2,1-2H3. The van der Waals surface area contributed by atoms with Crippen molar-refractivity contribution in [2.45, 2.75) is 30.2 Å². The van der Waals surface area contributed by atoms with E-state index >= 15 is 0 Å². The van der Waals surface area contributed by atoms with E-state index in [-0.39, 0.29) is 0 Å². The summed E-state index contributed by atoms with van der Waals surface area (Å²) < 4.78 is 0. The third-order valence-corrected chi connectivity index (χ3v) is 4.05. The Balaban J connectivity index is 2.33. The third kappa shape index (κ3) is 2.90. The molecule has 0 aliphatic carbocycles. The van der Waals surface area contributed by atoms with Gasteiger partial charge in [0.1, 0.15) is 0 Å². The van der Waals surface area contributed by atoms with Gasteiger partial charge < -0.3 is 5.73 Å². The molecule has 0 aliphatic rings. The van der Waals surface area contributed by atoms with Crippen LogP contribution < -0.4 is 5.73 Å². The lowest BCUT2D eigenvalue weighted by Gasteiger charge is -2.10. The van der Waals surface area contributed by atoms with E-state index in [1.807, 2.05) is 0 Å². The molecule has 1 nitrogen and oxygen atoms in total. The second kappa shape index (κ2) is 5.39. The highest BCUT2D eigenvalue weighted by Crippen LogP contribution is 2.32. The Hall–Kier alpha value is -1.25. The fourth-order valence-corrected chi connectivity index (χ4v) is 2.78. The third-order valence-electron chi connectivity index (χ3n) is 2.75. The first kappa shape index (κ1) is 12.2. The van der Waals surface area contributed by atoms with Crippen molar-refractivity contribution in [1.29, 1.82) is 0 Å². The lowest BCUT2D eigenvalue weighted by Crippen LogP contribution is -1.98. The molecular weight excluding hydrogens is 226 g/mol. The molecule has 0 aromatic heterocycles. The van der Waals surface area contributed by atoms with E-state index in [0.717, 1.165) is 0 Å². The quantitative estimate of drug-likeness (QED) is 0.884. The largest absolute Gasteiger partial charge is 0.326 e. The Morgan fingerprint density at radius 1 is 1.00 bits per heavy atom. The fraction of sp³-hybridized carbons (Fsp3) is 0.200. The predicted molar refractivity (Wildman–Crippen MR) is 74.4 cm³/mol. The average molecular weight is 243 g/mol. The van der Waals surface area contributed by atoms with Gasteiger partial charge in [0.05, 0.1) is 0 Å². The lowest BCUT2D eigenvalue weighted by atomic mass is 10.1. The summed E-state index contributed by atoms with van der Waals surface area (Å²) in [5.41, 5.74) is 9.59. The van der Waals surface area contributed by atoms with Crippen LogP contribution in [0.3, 0.4) is 0 Å². The molecule has 0 saturated carbocycles. The van der Waals surface area contributed by atoms with Gasteiger partial charge in [-0.25, -0.2) is 0 Å². The summed E-state index contributed by atoms with van der Waals surface area (Å²) in [5, 5.41) is 0. The maximum absolute atomic E-state index is 5.80. The first-order valence-corrected chi connectivity index (χ1v) is 6.55. The minimum Gasteiger partial charge on any atom is -0.326 e. The van der Waals surface area contributed by atoms with Crippen LogP contribution in [-0.4, -0.2) is 0 Å². The van der Waals surface area contributed by atoms with E-state index in [2.05, 4.69) is 56.3 Å². The Labute approximate surface area is 107 Å². The molecule has 0 spiro atoms. The molecule has 0 aliphatic heterocycles. The van der Waals surface area contributed by atoms with Gasteiger partial charge in [-0.15, -0.1) is 0 Å². The Morgan fingerprint density at radius 2 is 1.76 bits per heavy atom. The Morgan fingerprint density at radius 3 is 2.47 bits per heavy atom. The summed E-state index contributed by atoms with van der Waals surface area (Å²) in [6, 6.07) is 14.9. The molecule has 88 valence electrons. The molecule has 2 heteroatoms. The zero-order valence-electron chi connectivity index (χ0n) is 10.2. The minimum atomic E-state index is 0.593. The van der Waals surface area contributed by atoms with E-state index in [9.17, 15) is 0 Å². The second-order valence-electron chi connectivity index (χ2n) is 4.18. The normalized spacial score (nSPS) is 10.5. The van der Waals surface area contributed by atoms with E-state index in [0.29, 0.717) is 6.54 Å². The van der Waals surface area contributed by atoms with Crippen LogP contribution in [-0.2, 0) is 6.54 Å². The fourth-order valence-electron chi connectivity index (χ4n) is 1.76. The number of aryl methyl sites for hydroxylation is 2. The second-order valence-corrected chi connectivity index (χ2v) is 5.27. The zero-order valence-corrected chi connectivity index (χ0v) is 11.1. The number of hydrogen-bond donors (Lipinski definition) is 1. The smallest absolute Gasteiger partial charge is 0.0189 e. The molecule has 0 bridgehead atoms. The van der Waals surface area contributed by atoms with E-state index in [4.69, 9.17) is 5.73 Å². The molecule has 0 fully saturated rings. The summed E-state index contributed by atoms with van der Waals surface area (Å²) in [6.45, 7) is 4.83. The number of benzene rings is 2. The van der Waals surface area contributed by atoms with Gasteiger partial charge in [0.25, 0.3) is 0 Å². The Bertz CT molecular complexity index is 520. The van der Waals surface area contributed by atoms with Crippen LogP contribution in [0.1, 0.15) is 16.7 Å². The molecule has 0 unspecified atom stereocenters. The Kier molecular flexibility index (Phi) is 3.87. The van der Waals surface area contributed by atoms with Crippen molar-refractivity contribution in [3.8, 4) is 0 Å². The van der Waals surface area contributed by atoms with Crippen LogP contribution in [0.4, 0.5) is 0 Å². The van der Waals surface area contributed by atoms with Crippen LogP contribution in [0.2, 0.25) is 0 Å². The van der Waals surface area contributed by atoms with Crippen LogP contribution in [0.5, 0.6) is 0 Å². The molecule has 0 heterocycles. The molecule has 17 heavy (non-hydrogen) atoms. The van der Waals surface area contributed by atoms with Gasteiger partial charge in [-0.05, 0) is 37.1 Å². The van der Waals surface area contributed by atoms with Crippen LogP contribution in [0, 0.1) is 13.8 Å². The van der Waals surface area contributed by atoms with Crippen molar-refractivity contribution in [2.24, 2.45) is 5.73 Å². The SMILES string of the molecule is Cc1ccc(Sc2ccccc2C)c(CN)c1. The summed E-state index contributed by atoms with van der Waals surface area (Å²) in [5.74, 6) is 0. The monoisotopic (exact) mass is 243 g/mol.